The van der Waals surface area contributed by atoms with Gasteiger partial charge in [-0.3, -0.25) is 0 Å². The van der Waals surface area contributed by atoms with Gasteiger partial charge in [0.2, 0.25) is 0 Å². The van der Waals surface area contributed by atoms with Gasteiger partial charge in [0, 0.05) is 35.8 Å². The molecule has 0 bridgehead atoms. The number of fused-ring (bicyclic) bond motifs is 3. The first kappa shape index (κ1) is 27.3. The molecule has 2 aromatic heterocycles. The Morgan fingerprint density at radius 3 is 1.76 bits per heavy atom. The van der Waals surface area contributed by atoms with Crippen LogP contribution in [0.5, 0.6) is 0 Å². The van der Waals surface area contributed by atoms with Gasteiger partial charge in [0.05, 0.1) is 16.7 Å². The van der Waals surface area contributed by atoms with Crippen molar-refractivity contribution in [1.82, 2.24) is 19.1 Å². The monoisotopic (exact) mass is 584 g/mol. The van der Waals surface area contributed by atoms with E-state index in [1.165, 1.54) is 44.2 Å². The second kappa shape index (κ2) is 11.0. The van der Waals surface area contributed by atoms with Crippen molar-refractivity contribution < 1.29 is 0 Å². The summed E-state index contributed by atoms with van der Waals surface area (Å²) in [5, 5.41) is 2.51. The Balaban J connectivity index is 1.14. The van der Waals surface area contributed by atoms with Crippen LogP contribution in [-0.4, -0.2) is 19.1 Å². The largest absolute Gasteiger partial charge is 0.327 e. The first-order chi connectivity index (χ1) is 22.1. The maximum absolute atomic E-state index is 5.06. The molecule has 0 unspecified atom stereocenters. The molecule has 0 saturated heterocycles. The topological polar surface area (TPSA) is 35.6 Å². The first-order valence-electron chi connectivity index (χ1n) is 16.1. The Morgan fingerprint density at radius 2 is 1.16 bits per heavy atom. The Labute approximate surface area is 264 Å². The lowest BCUT2D eigenvalue weighted by molar-refractivity contribution is 0.646. The molecular weight excluding hydrogens is 548 g/mol. The molecule has 5 aromatic carbocycles. The summed E-state index contributed by atoms with van der Waals surface area (Å²) in [7, 11) is 0. The molecule has 1 aliphatic carbocycles. The molecule has 220 valence electrons. The van der Waals surface area contributed by atoms with Crippen molar-refractivity contribution in [3.63, 3.8) is 0 Å². The minimum atomic E-state index is 0.492. The maximum Gasteiger partial charge on any atom is 0.141 e. The van der Waals surface area contributed by atoms with Crippen LogP contribution in [0.4, 0.5) is 0 Å². The molecular formula is C41H36N4. The zero-order chi connectivity index (χ0) is 30.5. The van der Waals surface area contributed by atoms with Crippen molar-refractivity contribution in [1.29, 1.82) is 0 Å². The molecule has 1 atom stereocenters. The first-order valence-corrected chi connectivity index (χ1v) is 16.1. The van der Waals surface area contributed by atoms with Gasteiger partial charge in [-0.25, -0.2) is 9.97 Å². The number of hydrogen-bond acceptors (Lipinski definition) is 2. The number of benzene rings is 5. The van der Waals surface area contributed by atoms with Crippen molar-refractivity contribution in [2.45, 2.75) is 46.2 Å². The van der Waals surface area contributed by atoms with Crippen LogP contribution in [0.3, 0.4) is 0 Å². The van der Waals surface area contributed by atoms with Crippen LogP contribution in [0.15, 0.2) is 115 Å². The Bertz CT molecular complexity index is 2210. The maximum atomic E-state index is 5.06. The number of nitrogens with zero attached hydrogens (tertiary/aromatic N) is 4. The number of allylic oxidation sites excluding steroid dienone is 1. The average Bonchev–Trinajstić information content (AvgIpc) is 3.67. The van der Waals surface area contributed by atoms with E-state index in [0.29, 0.717) is 5.92 Å². The standard InChI is InChI=1S/C41H36N4/c1-4-44-38-18-7-6-16-36(38)42-40(44)30-23-19-28(20-24-30)32-12-9-15-35-33(13-10-14-34(32)35)29-21-25-31(26-22-29)41-43-37-17-8-11-27(3)39(37)45(41)5-2/h6-10,12-27H,4-5,11H2,1-3H3/t27-/m1/s1. The van der Waals surface area contributed by atoms with Crippen LogP contribution in [0.1, 0.15) is 44.5 Å². The van der Waals surface area contributed by atoms with Crippen molar-refractivity contribution in [3.8, 4) is 45.0 Å². The fraction of sp³-hybridized carbons (Fsp3) is 0.171. The highest BCUT2D eigenvalue weighted by molar-refractivity contribution is 6.04. The molecule has 0 amide bonds. The third-order valence-corrected chi connectivity index (χ3v) is 9.38. The smallest absolute Gasteiger partial charge is 0.141 e. The summed E-state index contributed by atoms with van der Waals surface area (Å²) in [5.41, 5.74) is 11.9. The highest BCUT2D eigenvalue weighted by Crippen LogP contribution is 2.38. The van der Waals surface area contributed by atoms with E-state index in [2.05, 4.69) is 151 Å². The van der Waals surface area contributed by atoms with E-state index < -0.39 is 0 Å². The van der Waals surface area contributed by atoms with Gasteiger partial charge >= 0.3 is 0 Å². The molecule has 8 rings (SSSR count). The van der Waals surface area contributed by atoms with E-state index in [0.717, 1.165) is 53.5 Å². The molecule has 4 heteroatoms. The van der Waals surface area contributed by atoms with Gasteiger partial charge < -0.3 is 9.13 Å². The van der Waals surface area contributed by atoms with Gasteiger partial charge in [0.25, 0.3) is 0 Å². The molecule has 0 aliphatic heterocycles. The molecule has 7 aromatic rings. The van der Waals surface area contributed by atoms with E-state index >= 15 is 0 Å². The molecule has 0 spiro atoms. The number of rotatable bonds is 6. The zero-order valence-corrected chi connectivity index (χ0v) is 26.0. The van der Waals surface area contributed by atoms with Gasteiger partial charge in [-0.05, 0) is 71.5 Å². The van der Waals surface area contributed by atoms with E-state index in [1.54, 1.807) is 0 Å². The van der Waals surface area contributed by atoms with Gasteiger partial charge in [-0.1, -0.05) is 110 Å². The lowest BCUT2D eigenvalue weighted by Crippen LogP contribution is -2.08. The van der Waals surface area contributed by atoms with Gasteiger partial charge in [0.1, 0.15) is 11.6 Å². The molecule has 0 fully saturated rings. The Hall–Kier alpha value is -5.22. The van der Waals surface area contributed by atoms with Crippen LogP contribution in [-0.2, 0) is 13.1 Å². The number of para-hydroxylation sites is 2. The van der Waals surface area contributed by atoms with Gasteiger partial charge in [-0.15, -0.1) is 0 Å². The fourth-order valence-electron chi connectivity index (χ4n) is 7.19. The number of hydrogen-bond donors (Lipinski definition) is 0. The van der Waals surface area contributed by atoms with Crippen LogP contribution in [0.25, 0.3) is 72.9 Å². The van der Waals surface area contributed by atoms with Crippen LogP contribution in [0, 0.1) is 0 Å². The van der Waals surface area contributed by atoms with E-state index in [1.807, 2.05) is 0 Å². The van der Waals surface area contributed by atoms with Crippen LogP contribution >= 0.6 is 0 Å². The van der Waals surface area contributed by atoms with Gasteiger partial charge in [0.15, 0.2) is 0 Å². The lowest BCUT2D eigenvalue weighted by atomic mass is 9.92. The van der Waals surface area contributed by atoms with E-state index in [4.69, 9.17) is 9.97 Å². The molecule has 0 radical (unpaired) electrons. The molecule has 1 aliphatic rings. The minimum absolute atomic E-state index is 0.492. The summed E-state index contributed by atoms with van der Waals surface area (Å²) in [6.45, 7) is 8.50. The molecule has 4 nitrogen and oxygen atoms in total. The average molecular weight is 585 g/mol. The summed E-state index contributed by atoms with van der Waals surface area (Å²) in [6, 6.07) is 39.5. The summed E-state index contributed by atoms with van der Waals surface area (Å²) < 4.78 is 4.69. The number of aromatic nitrogens is 4. The van der Waals surface area contributed by atoms with Crippen molar-refractivity contribution in [2.24, 2.45) is 0 Å². The zero-order valence-electron chi connectivity index (χ0n) is 26.0. The second-order valence-corrected chi connectivity index (χ2v) is 12.0. The van der Waals surface area contributed by atoms with E-state index in [-0.39, 0.29) is 0 Å². The van der Waals surface area contributed by atoms with Crippen LogP contribution in [0.2, 0.25) is 0 Å². The summed E-state index contributed by atoms with van der Waals surface area (Å²) in [5.74, 6) is 2.57. The quantitative estimate of drug-likeness (QED) is 0.195. The van der Waals surface area contributed by atoms with E-state index in [9.17, 15) is 0 Å². The number of imidazole rings is 2. The highest BCUT2D eigenvalue weighted by Gasteiger charge is 2.22. The fourth-order valence-corrected chi connectivity index (χ4v) is 7.19. The normalized spacial score (nSPS) is 14.3. The number of aryl methyl sites for hydroxylation is 1. The summed E-state index contributed by atoms with van der Waals surface area (Å²) in [4.78, 5) is 10.0. The Morgan fingerprint density at radius 1 is 0.600 bits per heavy atom. The lowest BCUT2D eigenvalue weighted by Gasteiger charge is -2.17. The van der Waals surface area contributed by atoms with Crippen molar-refractivity contribution >= 4 is 27.9 Å². The molecule has 0 N–H and O–H groups in total. The second-order valence-electron chi connectivity index (χ2n) is 12.0. The predicted molar refractivity (Wildman–Crippen MR) is 188 cm³/mol. The molecule has 2 heterocycles. The van der Waals surface area contributed by atoms with Crippen LogP contribution < -0.4 is 0 Å². The molecule has 0 saturated carbocycles. The third-order valence-electron chi connectivity index (χ3n) is 9.38. The summed E-state index contributed by atoms with van der Waals surface area (Å²) in [6.07, 6.45) is 5.51. The third kappa shape index (κ3) is 4.52. The highest BCUT2D eigenvalue weighted by atomic mass is 15.1. The van der Waals surface area contributed by atoms with Gasteiger partial charge in [-0.2, -0.15) is 0 Å². The molecule has 45 heavy (non-hydrogen) atoms. The minimum Gasteiger partial charge on any atom is -0.327 e. The SMILES string of the molecule is CCn1c(-c2ccc(-c3cccc4c(-c5ccc(-c6nc7ccccc7n6CC)cc5)cccc34)cc2)nc2c1[C@H](C)CC=C2. The Kier molecular flexibility index (Phi) is 6.71. The van der Waals surface area contributed by atoms with Crippen molar-refractivity contribution in [3.05, 3.63) is 127 Å². The van der Waals surface area contributed by atoms with Crippen molar-refractivity contribution in [2.75, 3.05) is 0 Å². The summed E-state index contributed by atoms with van der Waals surface area (Å²) >= 11 is 0. The predicted octanol–water partition coefficient (Wildman–Crippen LogP) is 10.6.